The fraction of sp³-hybridized carbons (Fsp3) is 0.333. The largest absolute Gasteiger partial charge is 0.327 e. The van der Waals surface area contributed by atoms with Crippen LogP contribution in [0.25, 0.3) is 0 Å². The third kappa shape index (κ3) is 3.54. The monoisotopic (exact) mass is 414 g/mol. The number of alkyl halides is 1. The number of imide groups is 1. The summed E-state index contributed by atoms with van der Waals surface area (Å²) < 4.78 is 0. The van der Waals surface area contributed by atoms with Crippen LogP contribution in [0.15, 0.2) is 60.7 Å². The Bertz CT molecular complexity index is 751. The van der Waals surface area contributed by atoms with Gasteiger partial charge in [0.05, 0.1) is 17.4 Å². The topological polar surface area (TPSA) is 40.6 Å². The normalized spacial score (nSPS) is 19.8. The SMILES string of the molecule is CCCCN1C(=O)N(C(=O)CBr)[C@@H](c2ccccc2)[C@@H]1c1ccccc1. The highest BCUT2D eigenvalue weighted by atomic mass is 79.9. The highest BCUT2D eigenvalue weighted by Gasteiger charge is 2.49. The summed E-state index contributed by atoms with van der Waals surface area (Å²) in [4.78, 5) is 29.1. The number of hydrogen-bond donors (Lipinski definition) is 0. The molecule has 136 valence electrons. The lowest BCUT2D eigenvalue weighted by Crippen LogP contribution is -2.38. The molecular weight excluding hydrogens is 392 g/mol. The minimum atomic E-state index is -0.326. The molecule has 3 rings (SSSR count). The molecule has 1 fully saturated rings. The molecule has 2 atom stereocenters. The molecule has 4 nitrogen and oxygen atoms in total. The average Bonchev–Trinajstić information content (AvgIpc) is 2.99. The van der Waals surface area contributed by atoms with E-state index in [4.69, 9.17) is 0 Å². The van der Waals surface area contributed by atoms with Crippen LogP contribution in [-0.4, -0.2) is 33.6 Å². The van der Waals surface area contributed by atoms with Gasteiger partial charge in [-0.2, -0.15) is 0 Å². The standard InChI is InChI=1S/C21H23BrN2O2/c1-2-3-14-23-19(16-10-6-4-7-11-16)20(17-12-8-5-9-13-17)24(21(23)26)18(25)15-22/h4-13,19-20H,2-3,14-15H2,1H3/t19-,20-/m0/s1. The lowest BCUT2D eigenvalue weighted by Gasteiger charge is -2.28. The van der Waals surface area contributed by atoms with Crippen LogP contribution >= 0.6 is 15.9 Å². The number of carbonyl (C=O) groups excluding carboxylic acids is 2. The van der Waals surface area contributed by atoms with E-state index in [-0.39, 0.29) is 29.4 Å². The van der Waals surface area contributed by atoms with E-state index >= 15 is 0 Å². The number of carbonyl (C=O) groups is 2. The number of benzene rings is 2. The molecule has 0 spiro atoms. The molecule has 0 unspecified atom stereocenters. The molecule has 5 heteroatoms. The molecule has 1 heterocycles. The van der Waals surface area contributed by atoms with Gasteiger partial charge < -0.3 is 4.90 Å². The molecule has 0 bridgehead atoms. The van der Waals surface area contributed by atoms with Gasteiger partial charge in [-0.05, 0) is 17.5 Å². The number of amides is 3. The van der Waals surface area contributed by atoms with E-state index in [0.717, 1.165) is 24.0 Å². The van der Waals surface area contributed by atoms with Gasteiger partial charge in [-0.3, -0.25) is 9.69 Å². The zero-order valence-corrected chi connectivity index (χ0v) is 16.4. The first-order chi connectivity index (χ1) is 12.7. The van der Waals surface area contributed by atoms with E-state index in [1.54, 1.807) is 0 Å². The summed E-state index contributed by atoms with van der Waals surface area (Å²) in [5, 5.41) is 0.130. The second kappa shape index (κ2) is 8.49. The molecule has 0 N–H and O–H groups in total. The predicted molar refractivity (Wildman–Crippen MR) is 106 cm³/mol. The van der Waals surface area contributed by atoms with Crippen LogP contribution in [0, 0.1) is 0 Å². The number of halogens is 1. The van der Waals surface area contributed by atoms with Crippen molar-refractivity contribution in [2.45, 2.75) is 31.8 Å². The molecule has 3 amide bonds. The van der Waals surface area contributed by atoms with Crippen LogP contribution < -0.4 is 0 Å². The molecule has 26 heavy (non-hydrogen) atoms. The summed E-state index contributed by atoms with van der Waals surface area (Å²) in [6.07, 6.45) is 1.90. The maximum absolute atomic E-state index is 13.2. The molecule has 1 aliphatic rings. The minimum absolute atomic E-state index is 0.130. The van der Waals surface area contributed by atoms with E-state index in [0.29, 0.717) is 6.54 Å². The van der Waals surface area contributed by atoms with Gasteiger partial charge in [0, 0.05) is 6.54 Å². The highest BCUT2D eigenvalue weighted by Crippen LogP contribution is 2.45. The molecule has 0 aromatic heterocycles. The Hall–Kier alpha value is -2.14. The maximum atomic E-state index is 13.2. The van der Waals surface area contributed by atoms with Crippen LogP contribution in [0.4, 0.5) is 4.79 Å². The van der Waals surface area contributed by atoms with Gasteiger partial charge in [0.1, 0.15) is 0 Å². The zero-order valence-electron chi connectivity index (χ0n) is 14.8. The second-order valence-electron chi connectivity index (χ2n) is 6.44. The Morgan fingerprint density at radius 1 is 0.962 bits per heavy atom. The molecular formula is C21H23BrN2O2. The Morgan fingerprint density at radius 3 is 2.00 bits per heavy atom. The number of nitrogens with zero attached hydrogens (tertiary/aromatic N) is 2. The Labute approximate surface area is 162 Å². The van der Waals surface area contributed by atoms with Crippen LogP contribution in [-0.2, 0) is 4.79 Å². The summed E-state index contributed by atoms with van der Waals surface area (Å²) in [5.41, 5.74) is 2.03. The smallest absolute Gasteiger partial charge is 0.315 e. The van der Waals surface area contributed by atoms with Crippen molar-refractivity contribution < 1.29 is 9.59 Å². The number of rotatable bonds is 6. The lowest BCUT2D eigenvalue weighted by atomic mass is 9.93. The van der Waals surface area contributed by atoms with Crippen molar-refractivity contribution in [1.29, 1.82) is 0 Å². The summed E-state index contributed by atoms with van der Waals surface area (Å²) in [6, 6.07) is 19.1. The predicted octanol–water partition coefficient (Wildman–Crippen LogP) is 4.93. The van der Waals surface area contributed by atoms with E-state index < -0.39 is 0 Å². The summed E-state index contributed by atoms with van der Waals surface area (Å²) in [7, 11) is 0. The van der Waals surface area contributed by atoms with Crippen molar-refractivity contribution >= 4 is 27.9 Å². The van der Waals surface area contributed by atoms with E-state index in [9.17, 15) is 9.59 Å². The Kier molecular flexibility index (Phi) is 6.09. The number of unbranched alkanes of at least 4 members (excludes halogenated alkanes) is 1. The fourth-order valence-corrected chi connectivity index (χ4v) is 3.84. The van der Waals surface area contributed by atoms with Crippen molar-refractivity contribution in [3.05, 3.63) is 71.8 Å². The first-order valence-electron chi connectivity index (χ1n) is 8.97. The highest BCUT2D eigenvalue weighted by molar-refractivity contribution is 9.09. The van der Waals surface area contributed by atoms with Crippen LogP contribution in [0.1, 0.15) is 43.0 Å². The number of hydrogen-bond acceptors (Lipinski definition) is 2. The van der Waals surface area contributed by atoms with Gasteiger partial charge in [-0.25, -0.2) is 4.79 Å². The van der Waals surface area contributed by atoms with E-state index in [1.807, 2.05) is 65.6 Å². The Balaban J connectivity index is 2.12. The third-order valence-electron chi connectivity index (χ3n) is 4.78. The molecule has 0 radical (unpaired) electrons. The van der Waals surface area contributed by atoms with Gasteiger partial charge in [0.2, 0.25) is 5.91 Å². The van der Waals surface area contributed by atoms with Gasteiger partial charge >= 0.3 is 6.03 Å². The van der Waals surface area contributed by atoms with Crippen LogP contribution in [0.2, 0.25) is 0 Å². The van der Waals surface area contributed by atoms with Crippen molar-refractivity contribution in [1.82, 2.24) is 9.80 Å². The summed E-state index contributed by atoms with van der Waals surface area (Å²) >= 11 is 3.24. The van der Waals surface area contributed by atoms with Crippen molar-refractivity contribution in [2.24, 2.45) is 0 Å². The first-order valence-corrected chi connectivity index (χ1v) is 10.1. The summed E-state index contributed by atoms with van der Waals surface area (Å²) in [6.45, 7) is 2.75. The first kappa shape index (κ1) is 18.6. The van der Waals surface area contributed by atoms with Crippen molar-refractivity contribution in [2.75, 3.05) is 11.9 Å². The Morgan fingerprint density at radius 2 is 1.50 bits per heavy atom. The van der Waals surface area contributed by atoms with Gasteiger partial charge in [-0.1, -0.05) is 89.9 Å². The second-order valence-corrected chi connectivity index (χ2v) is 7.00. The third-order valence-corrected chi connectivity index (χ3v) is 5.26. The van der Waals surface area contributed by atoms with Gasteiger partial charge in [0.15, 0.2) is 0 Å². The van der Waals surface area contributed by atoms with E-state index in [1.165, 1.54) is 4.90 Å². The van der Waals surface area contributed by atoms with Crippen molar-refractivity contribution in [3.63, 3.8) is 0 Å². The molecule has 1 saturated heterocycles. The average molecular weight is 415 g/mol. The fourth-order valence-electron chi connectivity index (χ4n) is 3.57. The molecule has 2 aromatic rings. The minimum Gasteiger partial charge on any atom is -0.315 e. The van der Waals surface area contributed by atoms with E-state index in [2.05, 4.69) is 22.9 Å². The lowest BCUT2D eigenvalue weighted by molar-refractivity contribution is -0.126. The van der Waals surface area contributed by atoms with Crippen LogP contribution in [0.3, 0.4) is 0 Å². The molecule has 2 aromatic carbocycles. The molecule has 1 aliphatic heterocycles. The summed E-state index contributed by atoms with van der Waals surface area (Å²) in [5.74, 6) is -0.205. The maximum Gasteiger partial charge on any atom is 0.327 e. The van der Waals surface area contributed by atoms with Crippen molar-refractivity contribution in [3.8, 4) is 0 Å². The molecule has 0 aliphatic carbocycles. The van der Waals surface area contributed by atoms with Crippen LogP contribution in [0.5, 0.6) is 0 Å². The number of urea groups is 1. The zero-order chi connectivity index (χ0) is 18.5. The quantitative estimate of drug-likeness (QED) is 0.628. The van der Waals surface area contributed by atoms with Gasteiger partial charge in [-0.15, -0.1) is 0 Å². The molecule has 0 saturated carbocycles. The van der Waals surface area contributed by atoms with Gasteiger partial charge in [0.25, 0.3) is 0 Å².